The molecule has 0 unspecified atom stereocenters. The molecule has 1 saturated heterocycles. The Morgan fingerprint density at radius 3 is 3.11 bits per heavy atom. The first kappa shape index (κ1) is 6.68. The maximum atomic E-state index is 10.8. The number of rotatable bonds is 2. The second kappa shape index (κ2) is 2.92. The molecule has 3 heteroatoms. The van der Waals surface area contributed by atoms with Crippen molar-refractivity contribution in [1.29, 1.82) is 0 Å². The van der Waals surface area contributed by atoms with Gasteiger partial charge in [-0.15, -0.1) is 18.3 Å². The second-order valence-electron chi connectivity index (χ2n) is 1.88. The number of amides is 1. The fourth-order valence-electron chi connectivity index (χ4n) is 0.717. The SMILES string of the molecule is C=CCN1CSCC1=O. The third kappa shape index (κ3) is 1.48. The molecule has 1 rings (SSSR count). The molecule has 0 saturated carbocycles. The van der Waals surface area contributed by atoms with Gasteiger partial charge in [-0.2, -0.15) is 0 Å². The number of nitrogens with zero attached hydrogens (tertiary/aromatic N) is 1. The zero-order valence-electron chi connectivity index (χ0n) is 5.17. The molecule has 9 heavy (non-hydrogen) atoms. The first-order chi connectivity index (χ1) is 4.34. The summed E-state index contributed by atoms with van der Waals surface area (Å²) in [6.45, 7) is 4.26. The highest BCUT2D eigenvalue weighted by Gasteiger charge is 2.18. The Bertz CT molecular complexity index is 135. The van der Waals surface area contributed by atoms with Crippen molar-refractivity contribution < 1.29 is 4.79 Å². The molecule has 1 heterocycles. The molecule has 0 aromatic heterocycles. The van der Waals surface area contributed by atoms with Crippen LogP contribution in [-0.4, -0.2) is 29.0 Å². The van der Waals surface area contributed by atoms with E-state index in [1.807, 2.05) is 0 Å². The normalized spacial score (nSPS) is 18.7. The number of hydrogen-bond acceptors (Lipinski definition) is 2. The molecule has 0 aliphatic carbocycles. The Labute approximate surface area is 58.9 Å². The van der Waals surface area contributed by atoms with Crippen LogP contribution in [0.5, 0.6) is 0 Å². The predicted molar refractivity (Wildman–Crippen MR) is 39.2 cm³/mol. The zero-order valence-corrected chi connectivity index (χ0v) is 5.99. The average molecular weight is 143 g/mol. The molecule has 1 fully saturated rings. The van der Waals surface area contributed by atoms with Gasteiger partial charge in [-0.25, -0.2) is 0 Å². The number of carbonyl (C=O) groups is 1. The van der Waals surface area contributed by atoms with Gasteiger partial charge in [-0.1, -0.05) is 6.08 Å². The van der Waals surface area contributed by atoms with E-state index in [-0.39, 0.29) is 5.91 Å². The van der Waals surface area contributed by atoms with Gasteiger partial charge in [0.1, 0.15) is 0 Å². The maximum absolute atomic E-state index is 10.8. The van der Waals surface area contributed by atoms with E-state index in [0.717, 1.165) is 5.88 Å². The first-order valence-electron chi connectivity index (χ1n) is 2.81. The first-order valence-corrected chi connectivity index (χ1v) is 3.96. The van der Waals surface area contributed by atoms with E-state index >= 15 is 0 Å². The summed E-state index contributed by atoms with van der Waals surface area (Å²) >= 11 is 1.66. The molecule has 0 atom stereocenters. The monoisotopic (exact) mass is 143 g/mol. The molecular weight excluding hydrogens is 134 g/mol. The Morgan fingerprint density at radius 2 is 2.67 bits per heavy atom. The largest absolute Gasteiger partial charge is 0.329 e. The standard InChI is InChI=1S/C6H9NOS/c1-2-3-7-5-9-4-6(7)8/h2H,1,3-5H2. The lowest BCUT2D eigenvalue weighted by Gasteiger charge is -2.09. The van der Waals surface area contributed by atoms with Gasteiger partial charge in [-0.3, -0.25) is 4.79 Å². The third-order valence-corrected chi connectivity index (χ3v) is 2.12. The molecule has 0 spiro atoms. The predicted octanol–water partition coefficient (Wildman–Crippen LogP) is 0.705. The van der Waals surface area contributed by atoms with Gasteiger partial charge < -0.3 is 4.90 Å². The lowest BCUT2D eigenvalue weighted by Crippen LogP contribution is -2.25. The Morgan fingerprint density at radius 1 is 1.89 bits per heavy atom. The van der Waals surface area contributed by atoms with Gasteiger partial charge in [-0.05, 0) is 0 Å². The lowest BCUT2D eigenvalue weighted by molar-refractivity contribution is -0.126. The molecule has 2 nitrogen and oxygen atoms in total. The van der Waals surface area contributed by atoms with Crippen molar-refractivity contribution >= 4 is 17.7 Å². The highest BCUT2D eigenvalue weighted by molar-refractivity contribution is 8.00. The second-order valence-corrected chi connectivity index (χ2v) is 2.84. The summed E-state index contributed by atoms with van der Waals surface area (Å²) < 4.78 is 0. The van der Waals surface area contributed by atoms with Crippen LogP contribution in [0.4, 0.5) is 0 Å². The van der Waals surface area contributed by atoms with Gasteiger partial charge in [0.2, 0.25) is 5.91 Å². The van der Waals surface area contributed by atoms with Gasteiger partial charge in [0.15, 0.2) is 0 Å². The van der Waals surface area contributed by atoms with Crippen molar-refractivity contribution in [2.24, 2.45) is 0 Å². The highest BCUT2D eigenvalue weighted by atomic mass is 32.2. The van der Waals surface area contributed by atoms with Crippen LogP contribution in [0.15, 0.2) is 12.7 Å². The Hall–Kier alpha value is -0.440. The average Bonchev–Trinajstić information content (AvgIpc) is 2.18. The molecule has 50 valence electrons. The molecule has 1 amide bonds. The summed E-state index contributed by atoms with van der Waals surface area (Å²) in [6, 6.07) is 0. The van der Waals surface area contributed by atoms with Crippen LogP contribution in [0.3, 0.4) is 0 Å². The topological polar surface area (TPSA) is 20.3 Å². The van der Waals surface area contributed by atoms with Gasteiger partial charge in [0, 0.05) is 6.54 Å². The summed E-state index contributed by atoms with van der Waals surface area (Å²) in [6.07, 6.45) is 1.75. The summed E-state index contributed by atoms with van der Waals surface area (Å²) in [5.74, 6) is 1.72. The van der Waals surface area contributed by atoms with Crippen LogP contribution < -0.4 is 0 Å². The number of hydrogen-bond donors (Lipinski definition) is 0. The number of thioether (sulfide) groups is 1. The van der Waals surface area contributed by atoms with Crippen LogP contribution in [0.25, 0.3) is 0 Å². The summed E-state index contributed by atoms with van der Waals surface area (Å²) in [5.41, 5.74) is 0. The van der Waals surface area contributed by atoms with Crippen LogP contribution in [-0.2, 0) is 4.79 Å². The van der Waals surface area contributed by atoms with Gasteiger partial charge in [0.25, 0.3) is 0 Å². The third-order valence-electron chi connectivity index (χ3n) is 1.17. The van der Waals surface area contributed by atoms with Crippen molar-refractivity contribution in [3.05, 3.63) is 12.7 Å². The van der Waals surface area contributed by atoms with E-state index in [4.69, 9.17) is 0 Å². The van der Waals surface area contributed by atoms with E-state index < -0.39 is 0 Å². The molecule has 0 radical (unpaired) electrons. The van der Waals surface area contributed by atoms with Gasteiger partial charge >= 0.3 is 0 Å². The molecule has 0 bridgehead atoms. The minimum atomic E-state index is 0.236. The molecular formula is C6H9NOS. The van der Waals surface area contributed by atoms with Crippen molar-refractivity contribution in [2.45, 2.75) is 0 Å². The molecule has 1 aliphatic heterocycles. The van der Waals surface area contributed by atoms with Crippen LogP contribution in [0, 0.1) is 0 Å². The van der Waals surface area contributed by atoms with E-state index in [1.165, 1.54) is 0 Å². The lowest BCUT2D eigenvalue weighted by atomic mass is 10.5. The summed E-state index contributed by atoms with van der Waals surface area (Å²) in [7, 11) is 0. The van der Waals surface area contributed by atoms with E-state index in [9.17, 15) is 4.79 Å². The molecule has 0 N–H and O–H groups in total. The van der Waals surface area contributed by atoms with E-state index in [1.54, 1.807) is 22.7 Å². The van der Waals surface area contributed by atoms with Crippen LogP contribution >= 0.6 is 11.8 Å². The van der Waals surface area contributed by atoms with Crippen molar-refractivity contribution in [3.63, 3.8) is 0 Å². The van der Waals surface area contributed by atoms with Crippen LogP contribution in [0.1, 0.15) is 0 Å². The minimum Gasteiger partial charge on any atom is -0.329 e. The highest BCUT2D eigenvalue weighted by Crippen LogP contribution is 2.13. The maximum Gasteiger partial charge on any atom is 0.233 e. The Balaban J connectivity index is 2.39. The minimum absolute atomic E-state index is 0.236. The van der Waals surface area contributed by atoms with Crippen molar-refractivity contribution in [1.82, 2.24) is 4.90 Å². The van der Waals surface area contributed by atoms with E-state index in [2.05, 4.69) is 6.58 Å². The summed E-state index contributed by atoms with van der Waals surface area (Å²) in [4.78, 5) is 12.6. The summed E-state index contributed by atoms with van der Waals surface area (Å²) in [5, 5.41) is 0. The smallest absolute Gasteiger partial charge is 0.233 e. The Kier molecular flexibility index (Phi) is 2.16. The van der Waals surface area contributed by atoms with Crippen molar-refractivity contribution in [2.75, 3.05) is 18.2 Å². The molecule has 0 aromatic rings. The zero-order chi connectivity index (χ0) is 6.69. The van der Waals surface area contributed by atoms with Crippen LogP contribution in [0.2, 0.25) is 0 Å². The van der Waals surface area contributed by atoms with Gasteiger partial charge in [0.05, 0.1) is 11.6 Å². The van der Waals surface area contributed by atoms with E-state index in [0.29, 0.717) is 12.3 Å². The fourth-order valence-corrected chi connectivity index (χ4v) is 1.64. The number of carbonyl (C=O) groups excluding carboxylic acids is 1. The molecule has 1 aliphatic rings. The molecule has 0 aromatic carbocycles. The quantitative estimate of drug-likeness (QED) is 0.530. The van der Waals surface area contributed by atoms with Crippen molar-refractivity contribution in [3.8, 4) is 0 Å². The fraction of sp³-hybridized carbons (Fsp3) is 0.500.